The van der Waals surface area contributed by atoms with Gasteiger partial charge in [-0.2, -0.15) is 5.10 Å². The topological polar surface area (TPSA) is 78.1 Å². The maximum absolute atomic E-state index is 14.4. The molecule has 2 N–H and O–H groups in total. The lowest BCUT2D eigenvalue weighted by Crippen LogP contribution is -2.48. The second-order valence-corrected chi connectivity index (χ2v) is 9.74. The number of para-hydroxylation sites is 1. The first-order valence-corrected chi connectivity index (χ1v) is 12.9. The van der Waals surface area contributed by atoms with Crippen LogP contribution in [0.2, 0.25) is 0 Å². The maximum atomic E-state index is 14.4. The van der Waals surface area contributed by atoms with E-state index in [1.807, 2.05) is 55.5 Å². The van der Waals surface area contributed by atoms with Gasteiger partial charge in [-0.1, -0.05) is 67.8 Å². The van der Waals surface area contributed by atoms with E-state index in [9.17, 15) is 14.0 Å². The van der Waals surface area contributed by atoms with E-state index in [4.69, 9.17) is 0 Å². The number of nitrogens with zero attached hydrogens (tertiary/aromatic N) is 2. The van der Waals surface area contributed by atoms with Gasteiger partial charge >= 0.3 is 0 Å². The number of carbonyl (C=O) groups excluding carboxylic acids is 2. The monoisotopic (exact) mass is 498 g/mol. The van der Waals surface area contributed by atoms with Crippen molar-refractivity contribution in [3.05, 3.63) is 95.4 Å². The number of fused-ring (bicyclic) bond motifs is 1. The second kappa shape index (κ2) is 10.9. The van der Waals surface area contributed by atoms with E-state index < -0.39 is 11.9 Å². The summed E-state index contributed by atoms with van der Waals surface area (Å²) in [5.41, 5.74) is 3.33. The fraction of sp³-hybridized carbons (Fsp3) is 0.300. The molecule has 6 nitrogen and oxygen atoms in total. The number of benzene rings is 3. The van der Waals surface area contributed by atoms with Gasteiger partial charge in [0.2, 0.25) is 11.8 Å². The predicted molar refractivity (Wildman–Crippen MR) is 143 cm³/mol. The van der Waals surface area contributed by atoms with Crippen LogP contribution in [0.4, 0.5) is 10.1 Å². The molecule has 0 bridgehead atoms. The highest BCUT2D eigenvalue weighted by Gasteiger charge is 2.35. The average Bonchev–Trinajstić information content (AvgIpc) is 3.31. The van der Waals surface area contributed by atoms with Crippen LogP contribution in [0.5, 0.6) is 0 Å². The minimum atomic E-state index is -0.956. The highest BCUT2D eigenvalue weighted by atomic mass is 19.1. The Kier molecular flexibility index (Phi) is 7.30. The minimum Gasteiger partial charge on any atom is -0.351 e. The lowest BCUT2D eigenvalue weighted by Gasteiger charge is -2.34. The van der Waals surface area contributed by atoms with Crippen LogP contribution in [0.1, 0.15) is 55.0 Å². The van der Waals surface area contributed by atoms with Crippen molar-refractivity contribution in [3.63, 3.8) is 0 Å². The molecule has 1 aliphatic carbocycles. The van der Waals surface area contributed by atoms with E-state index in [0.29, 0.717) is 16.9 Å². The number of hydrogen-bond acceptors (Lipinski definition) is 3. The summed E-state index contributed by atoms with van der Waals surface area (Å²) in [6.45, 7) is 1.92. The summed E-state index contributed by atoms with van der Waals surface area (Å²) >= 11 is 0. The summed E-state index contributed by atoms with van der Waals surface area (Å²) in [5.74, 6) is -1.07. The van der Waals surface area contributed by atoms with Gasteiger partial charge in [-0.3, -0.25) is 19.6 Å². The summed E-state index contributed by atoms with van der Waals surface area (Å²) in [6.07, 6.45) is 5.09. The van der Waals surface area contributed by atoms with Gasteiger partial charge in [0.1, 0.15) is 11.9 Å². The van der Waals surface area contributed by atoms with Gasteiger partial charge in [0, 0.05) is 17.1 Å². The van der Waals surface area contributed by atoms with Gasteiger partial charge in [-0.05, 0) is 55.2 Å². The molecular formula is C30H31FN4O2. The molecule has 1 saturated carbocycles. The SMILES string of the molecule is Cc1ccccc1C(C(=O)NC1CCCCC1)N(C(=O)Cc1n[nH]c2ccccc12)c1cccc(F)c1. The lowest BCUT2D eigenvalue weighted by molar-refractivity contribution is -0.127. The van der Waals surface area contributed by atoms with Crippen LogP contribution < -0.4 is 10.2 Å². The fourth-order valence-electron chi connectivity index (χ4n) is 5.26. The first kappa shape index (κ1) is 24.7. The van der Waals surface area contributed by atoms with E-state index in [1.54, 1.807) is 12.1 Å². The van der Waals surface area contributed by atoms with Gasteiger partial charge in [0.25, 0.3) is 0 Å². The van der Waals surface area contributed by atoms with Crippen LogP contribution in [0, 0.1) is 12.7 Å². The lowest BCUT2D eigenvalue weighted by atomic mass is 9.93. The standard InChI is InChI=1S/C30H31FN4O2/c1-20-10-5-6-15-24(20)29(30(37)32-22-12-3-2-4-13-22)35(23-14-9-11-21(31)18-23)28(36)19-27-25-16-7-8-17-26(25)33-34-27/h5-11,14-18,22,29H,2-4,12-13,19H2,1H3,(H,32,37)(H,33,34). The molecule has 5 rings (SSSR count). The Hall–Kier alpha value is -4.00. The zero-order valence-corrected chi connectivity index (χ0v) is 20.9. The Balaban J connectivity index is 1.57. The van der Waals surface area contributed by atoms with Crippen molar-refractivity contribution in [2.75, 3.05) is 4.90 Å². The van der Waals surface area contributed by atoms with Crippen molar-refractivity contribution in [1.82, 2.24) is 15.5 Å². The zero-order chi connectivity index (χ0) is 25.8. The summed E-state index contributed by atoms with van der Waals surface area (Å²) < 4.78 is 14.4. The van der Waals surface area contributed by atoms with E-state index in [1.165, 1.54) is 23.5 Å². The number of carbonyl (C=O) groups is 2. The normalized spacial score (nSPS) is 14.9. The number of nitrogens with one attached hydrogen (secondary N) is 2. The van der Waals surface area contributed by atoms with Gasteiger partial charge in [0.05, 0.1) is 17.6 Å². The first-order chi connectivity index (χ1) is 18.0. The molecule has 37 heavy (non-hydrogen) atoms. The highest BCUT2D eigenvalue weighted by Crippen LogP contribution is 2.32. The molecule has 190 valence electrons. The molecule has 1 unspecified atom stereocenters. The Morgan fingerprint density at radius 3 is 2.57 bits per heavy atom. The third kappa shape index (κ3) is 5.40. The van der Waals surface area contributed by atoms with Gasteiger partial charge in [-0.25, -0.2) is 4.39 Å². The average molecular weight is 499 g/mol. The van der Waals surface area contributed by atoms with Gasteiger partial charge < -0.3 is 5.32 Å². The van der Waals surface area contributed by atoms with Crippen LogP contribution in [0.15, 0.2) is 72.8 Å². The summed E-state index contributed by atoms with van der Waals surface area (Å²) in [6, 6.07) is 20.1. The number of H-pyrrole nitrogens is 1. The molecule has 0 saturated heterocycles. The van der Waals surface area contributed by atoms with E-state index in [0.717, 1.165) is 42.1 Å². The third-order valence-electron chi connectivity index (χ3n) is 7.16. The van der Waals surface area contributed by atoms with Crippen LogP contribution >= 0.6 is 0 Å². The number of aryl methyl sites for hydroxylation is 1. The number of anilines is 1. The highest BCUT2D eigenvalue weighted by molar-refractivity contribution is 6.03. The zero-order valence-electron chi connectivity index (χ0n) is 20.9. The van der Waals surface area contributed by atoms with Gasteiger partial charge in [-0.15, -0.1) is 0 Å². The minimum absolute atomic E-state index is 0.0420. The molecule has 1 aromatic heterocycles. The van der Waals surface area contributed by atoms with Crippen LogP contribution in [0.3, 0.4) is 0 Å². The molecule has 1 fully saturated rings. The molecule has 0 radical (unpaired) electrons. The fourth-order valence-corrected chi connectivity index (χ4v) is 5.26. The van der Waals surface area contributed by atoms with Crippen molar-refractivity contribution in [1.29, 1.82) is 0 Å². The molecule has 0 spiro atoms. The van der Waals surface area contributed by atoms with Crippen LogP contribution in [0.25, 0.3) is 10.9 Å². The van der Waals surface area contributed by atoms with Gasteiger partial charge in [0.15, 0.2) is 0 Å². The van der Waals surface area contributed by atoms with E-state index in [-0.39, 0.29) is 24.3 Å². The second-order valence-electron chi connectivity index (χ2n) is 9.74. The maximum Gasteiger partial charge on any atom is 0.248 e. The molecule has 1 heterocycles. The Morgan fingerprint density at radius 1 is 1.03 bits per heavy atom. The van der Waals surface area contributed by atoms with Crippen LogP contribution in [-0.4, -0.2) is 28.1 Å². The van der Waals surface area contributed by atoms with E-state index >= 15 is 0 Å². The Bertz CT molecular complexity index is 1410. The summed E-state index contributed by atoms with van der Waals surface area (Å²) in [5, 5.41) is 11.4. The molecule has 0 aliphatic heterocycles. The Morgan fingerprint density at radius 2 is 1.78 bits per heavy atom. The number of hydrogen-bond donors (Lipinski definition) is 2. The summed E-state index contributed by atoms with van der Waals surface area (Å²) in [4.78, 5) is 29.5. The quantitative estimate of drug-likeness (QED) is 0.339. The number of halogens is 1. The number of amides is 2. The largest absolute Gasteiger partial charge is 0.351 e. The van der Waals surface area contributed by atoms with Crippen molar-refractivity contribution in [3.8, 4) is 0 Å². The summed E-state index contributed by atoms with van der Waals surface area (Å²) in [7, 11) is 0. The Labute approximate surface area is 215 Å². The third-order valence-corrected chi connectivity index (χ3v) is 7.16. The molecule has 3 aromatic carbocycles. The smallest absolute Gasteiger partial charge is 0.248 e. The van der Waals surface area contributed by atoms with Crippen molar-refractivity contribution >= 4 is 28.4 Å². The van der Waals surface area contributed by atoms with Crippen molar-refractivity contribution < 1.29 is 14.0 Å². The van der Waals surface area contributed by atoms with E-state index in [2.05, 4.69) is 15.5 Å². The van der Waals surface area contributed by atoms with Crippen molar-refractivity contribution in [2.45, 2.75) is 57.5 Å². The molecular weight excluding hydrogens is 467 g/mol. The molecule has 4 aromatic rings. The first-order valence-electron chi connectivity index (χ1n) is 12.9. The molecule has 1 aliphatic rings. The predicted octanol–water partition coefficient (Wildman–Crippen LogP) is 5.78. The molecule has 7 heteroatoms. The molecule has 2 amide bonds. The molecule has 1 atom stereocenters. The number of aromatic nitrogens is 2. The van der Waals surface area contributed by atoms with Crippen molar-refractivity contribution in [2.24, 2.45) is 0 Å². The number of rotatable bonds is 7. The number of aromatic amines is 1. The van der Waals surface area contributed by atoms with Crippen LogP contribution in [-0.2, 0) is 16.0 Å².